The molecule has 3 N–H and O–H groups in total. The van der Waals surface area contributed by atoms with Gasteiger partial charge in [-0.2, -0.15) is 5.10 Å². The zero-order chi connectivity index (χ0) is 13.9. The molecular formula is C16H16N4. The van der Waals surface area contributed by atoms with Gasteiger partial charge in [0, 0.05) is 18.9 Å². The van der Waals surface area contributed by atoms with E-state index in [9.17, 15) is 0 Å². The summed E-state index contributed by atoms with van der Waals surface area (Å²) in [7, 11) is 1.85. The third-order valence-corrected chi connectivity index (χ3v) is 3.11. The maximum absolute atomic E-state index is 5.86. The van der Waals surface area contributed by atoms with Gasteiger partial charge in [-0.05, 0) is 23.3 Å². The molecule has 0 spiro atoms. The van der Waals surface area contributed by atoms with E-state index < -0.39 is 0 Å². The van der Waals surface area contributed by atoms with Crippen LogP contribution in [0.2, 0.25) is 0 Å². The number of benzene rings is 2. The minimum atomic E-state index is 0.639. The lowest BCUT2D eigenvalue weighted by molar-refractivity contribution is 0.771. The average molecular weight is 264 g/mol. The summed E-state index contributed by atoms with van der Waals surface area (Å²) < 4.78 is 1.69. The van der Waals surface area contributed by atoms with Crippen LogP contribution in [0, 0.1) is 0 Å². The van der Waals surface area contributed by atoms with Crippen LogP contribution in [0.25, 0.3) is 11.1 Å². The predicted molar refractivity (Wildman–Crippen MR) is 82.8 cm³/mol. The van der Waals surface area contributed by atoms with E-state index in [4.69, 9.17) is 5.73 Å². The van der Waals surface area contributed by atoms with Crippen molar-refractivity contribution in [3.05, 3.63) is 60.8 Å². The Hall–Kier alpha value is -2.75. The van der Waals surface area contributed by atoms with Gasteiger partial charge in [-0.25, -0.2) is 0 Å². The molecule has 0 radical (unpaired) electrons. The van der Waals surface area contributed by atoms with Gasteiger partial charge in [0.2, 0.25) is 0 Å². The largest absolute Gasteiger partial charge is 0.394 e. The Balaban J connectivity index is 1.82. The molecule has 1 aromatic heterocycles. The van der Waals surface area contributed by atoms with Crippen LogP contribution in [0.3, 0.4) is 0 Å². The topological polar surface area (TPSA) is 55.9 Å². The quantitative estimate of drug-likeness (QED) is 0.762. The molecule has 0 saturated heterocycles. The summed E-state index contributed by atoms with van der Waals surface area (Å²) in [6, 6.07) is 18.5. The van der Waals surface area contributed by atoms with Crippen molar-refractivity contribution in [3.63, 3.8) is 0 Å². The van der Waals surface area contributed by atoms with Gasteiger partial charge in [-0.1, -0.05) is 42.5 Å². The van der Waals surface area contributed by atoms with Gasteiger partial charge in [0.25, 0.3) is 0 Å². The number of nitrogen functional groups attached to an aromatic ring is 1. The summed E-state index contributed by atoms with van der Waals surface area (Å²) in [5.74, 6) is 0.681. The summed E-state index contributed by atoms with van der Waals surface area (Å²) in [6.07, 6.45) is 1.78. The van der Waals surface area contributed by atoms with Crippen LogP contribution in [-0.2, 0) is 7.05 Å². The van der Waals surface area contributed by atoms with Gasteiger partial charge < -0.3 is 11.1 Å². The summed E-state index contributed by atoms with van der Waals surface area (Å²) in [6.45, 7) is 0. The third kappa shape index (κ3) is 2.49. The highest BCUT2D eigenvalue weighted by Gasteiger charge is 2.04. The first-order chi connectivity index (χ1) is 9.72. The molecule has 1 heterocycles. The monoisotopic (exact) mass is 264 g/mol. The molecule has 0 unspecified atom stereocenters. The van der Waals surface area contributed by atoms with E-state index in [1.165, 1.54) is 11.1 Å². The van der Waals surface area contributed by atoms with Crippen molar-refractivity contribution in [2.45, 2.75) is 0 Å². The van der Waals surface area contributed by atoms with Crippen molar-refractivity contribution < 1.29 is 0 Å². The van der Waals surface area contributed by atoms with E-state index in [2.05, 4.69) is 34.7 Å². The minimum Gasteiger partial charge on any atom is -0.394 e. The van der Waals surface area contributed by atoms with Crippen LogP contribution in [0.1, 0.15) is 0 Å². The average Bonchev–Trinajstić information content (AvgIpc) is 2.79. The Labute approximate surface area is 117 Å². The van der Waals surface area contributed by atoms with E-state index >= 15 is 0 Å². The Morgan fingerprint density at radius 2 is 1.60 bits per heavy atom. The molecule has 0 fully saturated rings. The first-order valence-electron chi connectivity index (χ1n) is 6.44. The summed E-state index contributed by atoms with van der Waals surface area (Å²) in [4.78, 5) is 0. The molecular weight excluding hydrogens is 248 g/mol. The van der Waals surface area contributed by atoms with Gasteiger partial charge in [-0.3, -0.25) is 4.68 Å². The fraction of sp³-hybridized carbons (Fsp3) is 0.0625. The van der Waals surface area contributed by atoms with Crippen molar-refractivity contribution in [1.29, 1.82) is 0 Å². The Morgan fingerprint density at radius 3 is 2.20 bits per heavy atom. The highest BCUT2D eigenvalue weighted by Crippen LogP contribution is 2.24. The Morgan fingerprint density at radius 1 is 0.950 bits per heavy atom. The molecule has 3 rings (SSSR count). The van der Waals surface area contributed by atoms with E-state index in [0.717, 1.165) is 5.69 Å². The molecule has 0 bridgehead atoms. The lowest BCUT2D eigenvalue weighted by atomic mass is 10.1. The molecule has 0 amide bonds. The molecule has 3 aromatic rings. The third-order valence-electron chi connectivity index (χ3n) is 3.11. The van der Waals surface area contributed by atoms with Gasteiger partial charge in [-0.15, -0.1) is 0 Å². The number of nitrogens with two attached hydrogens (primary N) is 1. The van der Waals surface area contributed by atoms with Gasteiger partial charge in [0.15, 0.2) is 5.82 Å². The maximum atomic E-state index is 5.86. The highest BCUT2D eigenvalue weighted by molar-refractivity contribution is 5.71. The SMILES string of the molecule is Cn1cc(N)c(Nc2ccc(-c3ccccc3)cc2)n1. The molecule has 0 saturated carbocycles. The van der Waals surface area contributed by atoms with E-state index in [-0.39, 0.29) is 0 Å². The fourth-order valence-electron chi connectivity index (χ4n) is 2.12. The van der Waals surface area contributed by atoms with Crippen molar-refractivity contribution >= 4 is 17.2 Å². The van der Waals surface area contributed by atoms with E-state index in [0.29, 0.717) is 11.5 Å². The van der Waals surface area contributed by atoms with Crippen molar-refractivity contribution in [2.24, 2.45) is 7.05 Å². The highest BCUT2D eigenvalue weighted by atomic mass is 15.3. The molecule has 4 nitrogen and oxygen atoms in total. The molecule has 0 aliphatic carbocycles. The minimum absolute atomic E-state index is 0.639. The zero-order valence-corrected chi connectivity index (χ0v) is 11.2. The van der Waals surface area contributed by atoms with Crippen molar-refractivity contribution in [1.82, 2.24) is 9.78 Å². The standard InChI is InChI=1S/C16H16N4/c1-20-11-15(17)16(19-20)18-14-9-7-13(8-10-14)12-5-3-2-4-6-12/h2-11H,17H2,1H3,(H,18,19). The number of rotatable bonds is 3. The summed E-state index contributed by atoms with van der Waals surface area (Å²) in [5, 5.41) is 7.48. The molecule has 4 heteroatoms. The zero-order valence-electron chi connectivity index (χ0n) is 11.2. The number of anilines is 3. The summed E-state index contributed by atoms with van der Waals surface area (Å²) in [5.41, 5.74) is 9.86. The lowest BCUT2D eigenvalue weighted by Gasteiger charge is -2.06. The molecule has 0 aliphatic rings. The van der Waals surface area contributed by atoms with Crippen LogP contribution in [0.15, 0.2) is 60.8 Å². The van der Waals surface area contributed by atoms with Crippen LogP contribution in [-0.4, -0.2) is 9.78 Å². The first-order valence-corrected chi connectivity index (χ1v) is 6.44. The second kappa shape index (κ2) is 5.09. The Bertz CT molecular complexity index is 699. The van der Waals surface area contributed by atoms with Crippen LogP contribution in [0.4, 0.5) is 17.2 Å². The molecule has 20 heavy (non-hydrogen) atoms. The lowest BCUT2D eigenvalue weighted by Crippen LogP contribution is -1.95. The maximum Gasteiger partial charge on any atom is 0.175 e. The second-order valence-corrected chi connectivity index (χ2v) is 4.68. The molecule has 2 aromatic carbocycles. The smallest absolute Gasteiger partial charge is 0.175 e. The van der Waals surface area contributed by atoms with Crippen LogP contribution >= 0.6 is 0 Å². The van der Waals surface area contributed by atoms with E-state index in [1.54, 1.807) is 10.9 Å². The number of aryl methyl sites for hydroxylation is 1. The first kappa shape index (κ1) is 12.3. The van der Waals surface area contributed by atoms with Crippen molar-refractivity contribution in [3.8, 4) is 11.1 Å². The Kier molecular flexibility index (Phi) is 3.13. The number of nitrogens with one attached hydrogen (secondary N) is 1. The normalized spacial score (nSPS) is 10.4. The second-order valence-electron chi connectivity index (χ2n) is 4.68. The van der Waals surface area contributed by atoms with Crippen LogP contribution < -0.4 is 11.1 Å². The molecule has 0 atom stereocenters. The van der Waals surface area contributed by atoms with Gasteiger partial charge >= 0.3 is 0 Å². The fourth-order valence-corrected chi connectivity index (χ4v) is 2.12. The van der Waals surface area contributed by atoms with Crippen molar-refractivity contribution in [2.75, 3.05) is 11.1 Å². The number of hydrogen-bond donors (Lipinski definition) is 2. The van der Waals surface area contributed by atoms with Crippen LogP contribution in [0.5, 0.6) is 0 Å². The summed E-state index contributed by atoms with van der Waals surface area (Å²) >= 11 is 0. The molecule has 0 aliphatic heterocycles. The number of hydrogen-bond acceptors (Lipinski definition) is 3. The predicted octanol–water partition coefficient (Wildman–Crippen LogP) is 3.41. The van der Waals surface area contributed by atoms with Gasteiger partial charge in [0.05, 0.1) is 5.69 Å². The molecule has 100 valence electrons. The number of aromatic nitrogens is 2. The van der Waals surface area contributed by atoms with Gasteiger partial charge in [0.1, 0.15) is 0 Å². The van der Waals surface area contributed by atoms with E-state index in [1.807, 2.05) is 37.4 Å². The number of nitrogens with zero attached hydrogens (tertiary/aromatic N) is 2.